The first-order chi connectivity index (χ1) is 10.8. The van der Waals surface area contributed by atoms with Crippen molar-refractivity contribution in [3.8, 4) is 0 Å². The Balaban J connectivity index is 2.31. The minimum Gasteiger partial charge on any atom is -0.462 e. The van der Waals surface area contributed by atoms with Gasteiger partial charge in [-0.15, -0.1) is 0 Å². The molecule has 0 heterocycles. The van der Waals surface area contributed by atoms with Crippen molar-refractivity contribution < 1.29 is 19.1 Å². The second-order valence-electron chi connectivity index (χ2n) is 6.07. The van der Waals surface area contributed by atoms with Crippen LogP contribution < -0.4 is 10.6 Å². The Morgan fingerprint density at radius 3 is 2.30 bits per heavy atom. The predicted molar refractivity (Wildman–Crippen MR) is 89.7 cm³/mol. The fraction of sp³-hybridized carbons (Fsp3) is 0.529. The maximum Gasteiger partial charge on any atom is 0.407 e. The quantitative estimate of drug-likeness (QED) is 0.595. The molecule has 0 fully saturated rings. The molecule has 0 bridgehead atoms. The second kappa shape index (κ2) is 9.02. The Hall–Kier alpha value is -2.24. The number of carbonyl (C=O) groups is 2. The van der Waals surface area contributed by atoms with Gasteiger partial charge in [0.05, 0.1) is 12.2 Å². The maximum absolute atomic E-state index is 11.7. The largest absolute Gasteiger partial charge is 0.462 e. The number of ether oxygens (including phenoxy) is 2. The molecule has 1 aromatic carbocycles. The zero-order chi connectivity index (χ0) is 17.3. The van der Waals surface area contributed by atoms with E-state index in [9.17, 15) is 9.59 Å². The molecule has 0 unspecified atom stereocenters. The molecule has 6 nitrogen and oxygen atoms in total. The van der Waals surface area contributed by atoms with Gasteiger partial charge in [-0.1, -0.05) is 6.92 Å². The van der Waals surface area contributed by atoms with Gasteiger partial charge < -0.3 is 20.1 Å². The third-order valence-electron chi connectivity index (χ3n) is 2.68. The Bertz CT molecular complexity index is 506. The number of nitrogens with one attached hydrogen (secondary N) is 2. The van der Waals surface area contributed by atoms with E-state index in [0.717, 1.165) is 12.1 Å². The van der Waals surface area contributed by atoms with Crippen LogP contribution in [0.3, 0.4) is 0 Å². The van der Waals surface area contributed by atoms with E-state index in [1.807, 2.05) is 27.7 Å². The van der Waals surface area contributed by atoms with Crippen LogP contribution in [0.1, 0.15) is 44.5 Å². The number of hydrogen-bond donors (Lipinski definition) is 2. The molecule has 0 saturated heterocycles. The van der Waals surface area contributed by atoms with Crippen molar-refractivity contribution in [2.45, 2.75) is 39.7 Å². The van der Waals surface area contributed by atoms with Crippen LogP contribution in [0.15, 0.2) is 24.3 Å². The smallest absolute Gasteiger partial charge is 0.407 e. The molecule has 0 spiro atoms. The van der Waals surface area contributed by atoms with Gasteiger partial charge in [0.15, 0.2) is 0 Å². The van der Waals surface area contributed by atoms with E-state index in [0.29, 0.717) is 25.3 Å². The molecule has 1 aromatic rings. The molecule has 0 aliphatic heterocycles. The lowest BCUT2D eigenvalue weighted by Crippen LogP contribution is -2.34. The zero-order valence-electron chi connectivity index (χ0n) is 14.3. The third-order valence-corrected chi connectivity index (χ3v) is 2.68. The average Bonchev–Trinajstić information content (AvgIpc) is 2.48. The summed E-state index contributed by atoms with van der Waals surface area (Å²) in [4.78, 5) is 23.1. The van der Waals surface area contributed by atoms with Crippen LogP contribution in [-0.4, -0.2) is 37.4 Å². The normalized spacial score (nSPS) is 10.8. The van der Waals surface area contributed by atoms with Crippen LogP contribution in [0, 0.1) is 0 Å². The summed E-state index contributed by atoms with van der Waals surface area (Å²) < 4.78 is 10.2. The number of amides is 1. The van der Waals surface area contributed by atoms with Crippen LogP contribution in [0.2, 0.25) is 0 Å². The van der Waals surface area contributed by atoms with Gasteiger partial charge in [-0.3, -0.25) is 0 Å². The maximum atomic E-state index is 11.7. The Kier molecular flexibility index (Phi) is 7.38. The van der Waals surface area contributed by atoms with Gasteiger partial charge in [-0.2, -0.15) is 0 Å². The van der Waals surface area contributed by atoms with Crippen LogP contribution >= 0.6 is 0 Å². The standard InChI is InChI=1S/C17H26N2O4/c1-5-12-22-15(20)13-6-8-14(9-7-13)18-10-11-19-16(21)23-17(2,3)4/h6-9,18H,5,10-12H2,1-4H3,(H,19,21). The Morgan fingerprint density at radius 1 is 1.09 bits per heavy atom. The van der Waals surface area contributed by atoms with Crippen LogP contribution in [-0.2, 0) is 9.47 Å². The predicted octanol–water partition coefficient (Wildman–Crippen LogP) is 3.19. The van der Waals surface area contributed by atoms with E-state index in [1.165, 1.54) is 0 Å². The number of rotatable bonds is 7. The fourth-order valence-electron chi connectivity index (χ4n) is 1.69. The van der Waals surface area contributed by atoms with Gasteiger partial charge in [0.1, 0.15) is 5.60 Å². The van der Waals surface area contributed by atoms with Gasteiger partial charge in [0, 0.05) is 18.8 Å². The molecule has 0 atom stereocenters. The van der Waals surface area contributed by atoms with Crippen molar-refractivity contribution >= 4 is 17.7 Å². The molecular weight excluding hydrogens is 296 g/mol. The fourth-order valence-corrected chi connectivity index (χ4v) is 1.69. The van der Waals surface area contributed by atoms with Gasteiger partial charge >= 0.3 is 12.1 Å². The summed E-state index contributed by atoms with van der Waals surface area (Å²) in [6.45, 7) is 8.82. The number of anilines is 1. The third kappa shape index (κ3) is 8.09. The average molecular weight is 322 g/mol. The van der Waals surface area contributed by atoms with E-state index in [4.69, 9.17) is 9.47 Å². The topological polar surface area (TPSA) is 76.7 Å². The first kappa shape index (κ1) is 18.8. The van der Waals surface area contributed by atoms with E-state index < -0.39 is 11.7 Å². The van der Waals surface area contributed by atoms with E-state index in [-0.39, 0.29) is 5.97 Å². The number of hydrogen-bond acceptors (Lipinski definition) is 5. The van der Waals surface area contributed by atoms with Crippen LogP contribution in [0.25, 0.3) is 0 Å². The molecule has 6 heteroatoms. The lowest BCUT2D eigenvalue weighted by molar-refractivity contribution is 0.0501. The van der Waals surface area contributed by atoms with Crippen molar-refractivity contribution in [1.82, 2.24) is 5.32 Å². The lowest BCUT2D eigenvalue weighted by Gasteiger charge is -2.19. The zero-order valence-corrected chi connectivity index (χ0v) is 14.3. The van der Waals surface area contributed by atoms with Crippen molar-refractivity contribution in [2.24, 2.45) is 0 Å². The highest BCUT2D eigenvalue weighted by molar-refractivity contribution is 5.89. The summed E-state index contributed by atoms with van der Waals surface area (Å²) in [7, 11) is 0. The molecule has 0 aliphatic carbocycles. The molecule has 0 aliphatic rings. The monoisotopic (exact) mass is 322 g/mol. The minimum absolute atomic E-state index is 0.315. The first-order valence-corrected chi connectivity index (χ1v) is 7.79. The number of benzene rings is 1. The van der Waals surface area contributed by atoms with Gasteiger partial charge in [0.25, 0.3) is 0 Å². The molecule has 0 aromatic heterocycles. The molecular formula is C17H26N2O4. The summed E-state index contributed by atoms with van der Waals surface area (Å²) in [5.41, 5.74) is 0.888. The van der Waals surface area contributed by atoms with Gasteiger partial charge in [0.2, 0.25) is 0 Å². The summed E-state index contributed by atoms with van der Waals surface area (Å²) in [6, 6.07) is 7.02. The lowest BCUT2D eigenvalue weighted by atomic mass is 10.2. The molecule has 23 heavy (non-hydrogen) atoms. The van der Waals surface area contributed by atoms with Crippen molar-refractivity contribution in [1.29, 1.82) is 0 Å². The van der Waals surface area contributed by atoms with Crippen LogP contribution in [0.4, 0.5) is 10.5 Å². The highest BCUT2D eigenvalue weighted by atomic mass is 16.6. The van der Waals surface area contributed by atoms with E-state index in [1.54, 1.807) is 24.3 Å². The molecule has 1 amide bonds. The molecule has 1 rings (SSSR count). The van der Waals surface area contributed by atoms with Crippen molar-refractivity contribution in [3.63, 3.8) is 0 Å². The molecule has 0 radical (unpaired) electrons. The highest BCUT2D eigenvalue weighted by Crippen LogP contribution is 2.10. The summed E-state index contributed by atoms with van der Waals surface area (Å²) >= 11 is 0. The van der Waals surface area contributed by atoms with Crippen molar-refractivity contribution in [2.75, 3.05) is 25.0 Å². The number of esters is 1. The molecule has 128 valence electrons. The summed E-state index contributed by atoms with van der Waals surface area (Å²) in [5, 5.41) is 5.81. The first-order valence-electron chi connectivity index (χ1n) is 7.79. The molecule has 0 saturated carbocycles. The van der Waals surface area contributed by atoms with Gasteiger partial charge in [-0.25, -0.2) is 9.59 Å². The van der Waals surface area contributed by atoms with Gasteiger partial charge in [-0.05, 0) is 51.5 Å². The summed E-state index contributed by atoms with van der Waals surface area (Å²) in [6.07, 6.45) is 0.365. The van der Waals surface area contributed by atoms with Crippen molar-refractivity contribution in [3.05, 3.63) is 29.8 Å². The number of alkyl carbamates (subject to hydrolysis) is 1. The second-order valence-corrected chi connectivity index (χ2v) is 6.07. The molecule has 2 N–H and O–H groups in total. The van der Waals surface area contributed by atoms with E-state index in [2.05, 4.69) is 10.6 Å². The Morgan fingerprint density at radius 2 is 1.74 bits per heavy atom. The Labute approximate surface area is 137 Å². The highest BCUT2D eigenvalue weighted by Gasteiger charge is 2.15. The SMILES string of the molecule is CCCOC(=O)c1ccc(NCCNC(=O)OC(C)(C)C)cc1. The number of carbonyl (C=O) groups excluding carboxylic acids is 2. The van der Waals surface area contributed by atoms with E-state index >= 15 is 0 Å². The minimum atomic E-state index is -0.500. The summed E-state index contributed by atoms with van der Waals surface area (Å²) in [5.74, 6) is -0.315. The van der Waals surface area contributed by atoms with Crippen LogP contribution in [0.5, 0.6) is 0 Å².